The van der Waals surface area contributed by atoms with Gasteiger partial charge < -0.3 is 55.1 Å². The molecule has 0 aliphatic carbocycles. The van der Waals surface area contributed by atoms with Gasteiger partial charge in [-0.3, -0.25) is 24.1 Å². The van der Waals surface area contributed by atoms with Crippen LogP contribution in [-0.2, 0) is 34.9 Å². The Balaban J connectivity index is 0.000000116. The monoisotopic (exact) mass is 1500 g/mol. The number of rotatable bonds is 11. The van der Waals surface area contributed by atoms with Crippen LogP contribution in [0.2, 0.25) is 0 Å². The molecular weight excluding hydrogens is 1440 g/mol. The first kappa shape index (κ1) is 70.9. The molecule has 10 aliphatic rings. The second kappa shape index (κ2) is 29.5. The number of nitrogens with one attached hydrogen (secondary N) is 6. The van der Waals surface area contributed by atoms with Crippen molar-refractivity contribution in [3.8, 4) is 0 Å². The maximum absolute atomic E-state index is 12.9. The first-order chi connectivity index (χ1) is 48.3. The van der Waals surface area contributed by atoms with Crippen molar-refractivity contribution in [1.29, 1.82) is 0 Å². The molecule has 0 atom stereocenters. The number of benzene rings is 8. The molecule has 2 fully saturated rings. The number of para-hydroxylation sites is 5. The van der Waals surface area contributed by atoms with Gasteiger partial charge in [-0.2, -0.15) is 0 Å². The minimum atomic E-state index is -4.49. The van der Waals surface area contributed by atoms with Crippen molar-refractivity contribution in [3.63, 3.8) is 0 Å². The molecule has 8 aromatic rings. The number of morpholine rings is 1. The van der Waals surface area contributed by atoms with E-state index in [1.807, 2.05) is 93.6 Å². The summed E-state index contributed by atoms with van der Waals surface area (Å²) >= 11 is 6.09. The number of likely N-dealkylation sites (tertiary alicyclic amines) is 1. The van der Waals surface area contributed by atoms with E-state index < -0.39 is 30.2 Å². The maximum Gasteiger partial charge on any atom is 1.00 e. The average molecular weight is 1500 g/mol. The van der Waals surface area contributed by atoms with Gasteiger partial charge in [0.05, 0.1) is 122 Å². The predicted molar refractivity (Wildman–Crippen MR) is 382 cm³/mol. The third-order valence-electron chi connectivity index (χ3n) is 18.2. The fourth-order valence-corrected chi connectivity index (χ4v) is 20.8. The van der Waals surface area contributed by atoms with Gasteiger partial charge in [0.2, 0.25) is 20.0 Å². The molecule has 0 spiro atoms. The van der Waals surface area contributed by atoms with Crippen LogP contribution >= 0.6 is 47.0 Å². The Kier molecular flexibility index (Phi) is 20.7. The molecule has 0 bridgehead atoms. The molecule has 10 heterocycles. The molecule has 0 aromatic heterocycles. The number of anilines is 8. The van der Waals surface area contributed by atoms with E-state index in [2.05, 4.69) is 63.6 Å². The third-order valence-corrected chi connectivity index (χ3v) is 26.4. The van der Waals surface area contributed by atoms with Gasteiger partial charge in [-0.15, -0.1) is 0 Å². The number of hydrogen-bond donors (Lipinski definition) is 6. The molecule has 24 nitrogen and oxygen atoms in total. The Morgan fingerprint density at radius 1 is 0.386 bits per heavy atom. The van der Waals surface area contributed by atoms with Crippen molar-refractivity contribution in [2.75, 3.05) is 112 Å². The van der Waals surface area contributed by atoms with Gasteiger partial charge in [-0.1, -0.05) is 89.9 Å². The van der Waals surface area contributed by atoms with E-state index in [4.69, 9.17) is 4.74 Å². The summed E-state index contributed by atoms with van der Waals surface area (Å²) in [7, 11) is -11.7. The number of ether oxygens (including phenoxy) is 1. The van der Waals surface area contributed by atoms with Crippen LogP contribution < -0.4 is 79.9 Å². The number of amides is 4. The van der Waals surface area contributed by atoms with Crippen molar-refractivity contribution < 1.29 is 83.3 Å². The van der Waals surface area contributed by atoms with E-state index in [1.165, 1.54) is 77.3 Å². The van der Waals surface area contributed by atoms with Gasteiger partial charge in [-0.25, -0.2) is 34.7 Å². The minimum absolute atomic E-state index is 0. The number of fused-ring (bicyclic) bond motifs is 8. The summed E-state index contributed by atoms with van der Waals surface area (Å²) in [5, 5.41) is 11.5. The topological polar surface area (TPSA) is 295 Å². The van der Waals surface area contributed by atoms with Crippen LogP contribution in [0.4, 0.5) is 45.5 Å². The standard InChI is InChI=1S/C21H24N4O3S2.C20H22N4O4S2.C14H10N2O4S2.C14H10N2OS.Na/c26-21-16-5-4-6-18-20(16)25(14-22-21)17-8-7-15(13-19(17)29-18)30(27,28)23-9-12-24-10-2-1-3-11-24;25-20-15-2-1-3-17-19(15)24(13-21-20)16-5-4-14(12-18(16)29-17)30(26,27)22-6-7-23-8-10-28-11-9-23;17-14-9-2-1-3-11-13(9)16(7-15-14)10-5-4-8(22(18,19)20)6-12(10)21-11;17-14-9-4-3-7-12-13(9)16(8-15-14)10-5-1-2-6-11(10)18-12;/h4-8,13,23H,1-3,9-12,14H2,(H,22,26);1-5,12,22H,6-11,13H2,(H,21,25);1-6H,7H2,(H,15,17)(H,18,19,20);1-7H,8H2,(H,15,17);/q;;;;+1/p-1. The molecule has 6 N–H and O–H groups in total. The summed E-state index contributed by atoms with van der Waals surface area (Å²) in [6.45, 7) is 8.87. The summed E-state index contributed by atoms with van der Waals surface area (Å²) < 4.78 is 95.7. The number of hydrogen-bond acceptors (Lipinski definition) is 22. The third kappa shape index (κ3) is 14.4. The van der Waals surface area contributed by atoms with Gasteiger partial charge >= 0.3 is 29.6 Å². The van der Waals surface area contributed by atoms with Crippen molar-refractivity contribution >= 4 is 146 Å². The Bertz CT molecular complexity index is 4850. The summed E-state index contributed by atoms with van der Waals surface area (Å²) in [4.78, 5) is 68.7. The van der Waals surface area contributed by atoms with Crippen LogP contribution in [0.25, 0.3) is 0 Å². The second-order valence-corrected chi connectivity index (χ2v) is 33.6. The molecule has 18 rings (SSSR count). The Labute approximate surface area is 623 Å². The van der Waals surface area contributed by atoms with Crippen molar-refractivity contribution in [1.82, 2.24) is 40.5 Å². The van der Waals surface area contributed by atoms with Gasteiger partial charge in [0.1, 0.15) is 10.1 Å². The number of nitrogens with zero attached hydrogens (tertiary/aromatic N) is 6. The Hall–Kier alpha value is -7.15. The molecular formula is C69H65N12NaO12S7. The van der Waals surface area contributed by atoms with E-state index in [-0.39, 0.29) is 67.9 Å². The zero-order valence-electron chi connectivity index (χ0n) is 54.4. The quantitative estimate of drug-likeness (QED) is 0.0616. The van der Waals surface area contributed by atoms with E-state index >= 15 is 0 Å². The van der Waals surface area contributed by atoms with Crippen LogP contribution in [0.3, 0.4) is 0 Å². The predicted octanol–water partition coefficient (Wildman–Crippen LogP) is 6.24. The minimum Gasteiger partial charge on any atom is -0.744 e. The van der Waals surface area contributed by atoms with Crippen LogP contribution in [0.1, 0.15) is 60.7 Å². The summed E-state index contributed by atoms with van der Waals surface area (Å²) in [5.74, 6) is -0.279. The summed E-state index contributed by atoms with van der Waals surface area (Å²) in [5.41, 5.74) is 10.0. The van der Waals surface area contributed by atoms with Gasteiger partial charge in [0.15, 0.2) is 0 Å². The largest absolute Gasteiger partial charge is 1.00 e. The first-order valence-electron chi connectivity index (χ1n) is 32.3. The van der Waals surface area contributed by atoms with Gasteiger partial charge in [0, 0.05) is 78.4 Å². The molecule has 10 aliphatic heterocycles. The number of sulfonamides is 2. The SMILES string of the molecule is O=C1NCN2c3ccc(S(=O)(=O)NCCN4CCCCC4)cc3Sc3cccc1c32.O=C1NCN2c3ccc(S(=O)(=O)NCCN4CCOCC4)cc3Sc3cccc1c32.O=C1NCN2c3ccc(S(=O)(=O)[O-])cc3Sc3cccc1c32.O=C1NCN2c3ccccc3Sc3cccc1c32.[Na+]. The molecule has 2 saturated heterocycles. The van der Waals surface area contributed by atoms with Crippen molar-refractivity contribution in [2.24, 2.45) is 0 Å². The average Bonchev–Trinajstić information content (AvgIpc) is 0.763. The smallest absolute Gasteiger partial charge is 0.744 e. The number of piperidine rings is 1. The Morgan fingerprint density at radius 2 is 0.713 bits per heavy atom. The van der Waals surface area contributed by atoms with Crippen LogP contribution in [0, 0.1) is 0 Å². The molecule has 0 radical (unpaired) electrons. The van der Waals surface area contributed by atoms with E-state index in [9.17, 15) is 49.0 Å². The van der Waals surface area contributed by atoms with Gasteiger partial charge in [-0.05, 0) is 141 Å². The molecule has 516 valence electrons. The van der Waals surface area contributed by atoms with E-state index in [1.54, 1.807) is 54.2 Å². The summed E-state index contributed by atoms with van der Waals surface area (Å²) in [6, 6.07) is 45.5. The molecule has 4 amide bonds. The molecule has 101 heavy (non-hydrogen) atoms. The van der Waals surface area contributed by atoms with Crippen molar-refractivity contribution in [3.05, 3.63) is 174 Å². The zero-order chi connectivity index (χ0) is 69.0. The Morgan fingerprint density at radius 3 is 1.10 bits per heavy atom. The van der Waals surface area contributed by atoms with E-state index in [0.29, 0.717) is 81.1 Å². The fraction of sp³-hybridized carbons (Fsp3) is 0.246. The normalized spacial score (nSPS) is 17.3. The number of carbonyl (C=O) groups is 4. The van der Waals surface area contributed by atoms with Crippen LogP contribution in [0.5, 0.6) is 0 Å². The van der Waals surface area contributed by atoms with Crippen LogP contribution in [0.15, 0.2) is 206 Å². The molecule has 0 saturated carbocycles. The molecule has 0 unspecified atom stereocenters. The van der Waals surface area contributed by atoms with Crippen LogP contribution in [-0.4, -0.2) is 155 Å². The van der Waals surface area contributed by atoms with E-state index in [0.717, 1.165) is 107 Å². The summed E-state index contributed by atoms with van der Waals surface area (Å²) in [6.07, 6.45) is 3.64. The second-order valence-electron chi connectivity index (χ2n) is 24.3. The number of carbonyl (C=O) groups excluding carboxylic acids is 4. The fourth-order valence-electron chi connectivity index (χ4n) is 13.4. The van der Waals surface area contributed by atoms with Crippen molar-refractivity contribution in [2.45, 2.75) is 73.1 Å². The molecule has 8 aromatic carbocycles. The molecule has 32 heteroatoms. The first-order valence-corrected chi connectivity index (χ1v) is 39.9. The maximum atomic E-state index is 12.9. The zero-order valence-corrected chi connectivity index (χ0v) is 62.1. The van der Waals surface area contributed by atoms with Gasteiger partial charge in [0.25, 0.3) is 23.6 Å².